The quantitative estimate of drug-likeness (QED) is 0.170. The zero-order valence-corrected chi connectivity index (χ0v) is 21.9. The van der Waals surface area contributed by atoms with Gasteiger partial charge in [-0.2, -0.15) is 4.39 Å². The van der Waals surface area contributed by atoms with E-state index >= 15 is 8.78 Å². The van der Waals surface area contributed by atoms with Gasteiger partial charge >= 0.3 is 0 Å². The summed E-state index contributed by atoms with van der Waals surface area (Å²) in [6.07, 6.45) is 7.60. The molecule has 1 atom stereocenters. The van der Waals surface area contributed by atoms with Gasteiger partial charge in [-0.15, -0.1) is 6.58 Å². The van der Waals surface area contributed by atoms with E-state index in [9.17, 15) is 13.9 Å². The molecule has 2 aromatic carbocycles. The molecule has 0 amide bonds. The van der Waals surface area contributed by atoms with Crippen molar-refractivity contribution < 1.29 is 27.4 Å². The third-order valence-corrected chi connectivity index (χ3v) is 8.24. The molecule has 2 saturated carbocycles. The van der Waals surface area contributed by atoms with Gasteiger partial charge < -0.3 is 9.84 Å². The fourth-order valence-electron chi connectivity index (χ4n) is 5.84. The van der Waals surface area contributed by atoms with Crippen molar-refractivity contribution >= 4 is 0 Å². The topological polar surface area (TPSA) is 29.5 Å². The van der Waals surface area contributed by atoms with Crippen LogP contribution >= 0.6 is 0 Å². The number of ether oxygens (including phenoxy) is 1. The number of aliphatic hydroxyl groups excluding tert-OH is 1. The number of halogens is 4. The van der Waals surface area contributed by atoms with Crippen molar-refractivity contribution in [3.8, 4) is 17.6 Å². The van der Waals surface area contributed by atoms with Crippen molar-refractivity contribution in [3.05, 3.63) is 76.9 Å². The SMILES string of the molecule is C=CCCOc1ccc(C#CC2CCC(c3ccc(C4CCC(C(C)O)CC4)c(F)c3F)CC2)c(F)c1F. The summed E-state index contributed by atoms with van der Waals surface area (Å²) in [6, 6.07) is 6.27. The molecule has 0 saturated heterocycles. The molecule has 0 aromatic heterocycles. The van der Waals surface area contributed by atoms with E-state index in [0.717, 1.165) is 25.7 Å². The first-order valence-electron chi connectivity index (χ1n) is 13.7. The summed E-state index contributed by atoms with van der Waals surface area (Å²) in [7, 11) is 0. The lowest BCUT2D eigenvalue weighted by Crippen LogP contribution is -2.23. The van der Waals surface area contributed by atoms with E-state index in [-0.39, 0.29) is 47.7 Å². The minimum atomic E-state index is -1.05. The highest BCUT2D eigenvalue weighted by Gasteiger charge is 2.30. The summed E-state index contributed by atoms with van der Waals surface area (Å²) in [5.74, 6) is 2.19. The van der Waals surface area contributed by atoms with Crippen molar-refractivity contribution in [1.29, 1.82) is 0 Å². The van der Waals surface area contributed by atoms with Crippen LogP contribution < -0.4 is 4.74 Å². The molecule has 1 unspecified atom stereocenters. The van der Waals surface area contributed by atoms with E-state index in [1.807, 2.05) is 0 Å². The Hall–Kier alpha value is -2.78. The van der Waals surface area contributed by atoms with Crippen molar-refractivity contribution in [2.45, 2.75) is 82.7 Å². The lowest BCUT2D eigenvalue weighted by atomic mass is 9.75. The van der Waals surface area contributed by atoms with Crippen LogP contribution in [0.25, 0.3) is 0 Å². The Balaban J connectivity index is 1.36. The van der Waals surface area contributed by atoms with Crippen molar-refractivity contribution in [3.63, 3.8) is 0 Å². The first-order chi connectivity index (χ1) is 18.3. The largest absolute Gasteiger partial charge is 0.490 e. The summed E-state index contributed by atoms with van der Waals surface area (Å²) >= 11 is 0. The standard InChI is InChI=1S/C32H36F4O2/c1-3-4-19-38-28-18-15-25(29(33)32(28)36)10-7-21-5-8-23(9-6-21)26-16-17-27(31(35)30(26)34)24-13-11-22(12-14-24)20(2)37/h3,15-18,20-24,37H,1,4-6,8-9,11-14,19H2,2H3. The van der Waals surface area contributed by atoms with Crippen molar-refractivity contribution in [2.75, 3.05) is 6.61 Å². The maximum atomic E-state index is 15.2. The summed E-state index contributed by atoms with van der Waals surface area (Å²) in [6.45, 7) is 5.57. The molecule has 4 rings (SSSR count). The smallest absolute Gasteiger partial charge is 0.201 e. The Morgan fingerprint density at radius 3 is 2.00 bits per heavy atom. The number of benzene rings is 2. The molecule has 2 aromatic rings. The van der Waals surface area contributed by atoms with Gasteiger partial charge in [0.1, 0.15) is 0 Å². The second-order valence-corrected chi connectivity index (χ2v) is 10.7. The van der Waals surface area contributed by atoms with Crippen LogP contribution in [0.15, 0.2) is 36.9 Å². The van der Waals surface area contributed by atoms with Crippen LogP contribution in [0.1, 0.15) is 93.2 Å². The molecule has 0 aliphatic heterocycles. The van der Waals surface area contributed by atoms with Crippen LogP contribution in [0.4, 0.5) is 17.6 Å². The van der Waals surface area contributed by atoms with Crippen molar-refractivity contribution in [1.82, 2.24) is 0 Å². The minimum absolute atomic E-state index is 0.0161. The van der Waals surface area contributed by atoms with Crippen LogP contribution in [0, 0.1) is 46.9 Å². The maximum Gasteiger partial charge on any atom is 0.201 e. The molecule has 0 bridgehead atoms. The molecule has 6 heteroatoms. The molecule has 1 N–H and O–H groups in total. The highest BCUT2D eigenvalue weighted by molar-refractivity contribution is 5.41. The summed E-state index contributed by atoms with van der Waals surface area (Å²) in [4.78, 5) is 0. The highest BCUT2D eigenvalue weighted by Crippen LogP contribution is 2.41. The van der Waals surface area contributed by atoms with Gasteiger partial charge in [0, 0.05) is 5.92 Å². The highest BCUT2D eigenvalue weighted by atomic mass is 19.2. The zero-order chi connectivity index (χ0) is 27.2. The number of hydrogen-bond acceptors (Lipinski definition) is 2. The maximum absolute atomic E-state index is 15.2. The molecule has 2 aliphatic rings. The predicted molar refractivity (Wildman–Crippen MR) is 141 cm³/mol. The average molecular weight is 529 g/mol. The van der Waals surface area contributed by atoms with E-state index < -0.39 is 23.3 Å². The van der Waals surface area contributed by atoms with Crippen LogP contribution in [0.2, 0.25) is 0 Å². The molecular formula is C32H36F4O2. The molecule has 204 valence electrons. The van der Waals surface area contributed by atoms with Gasteiger partial charge in [0.15, 0.2) is 23.2 Å². The minimum Gasteiger partial charge on any atom is -0.490 e. The van der Waals surface area contributed by atoms with E-state index in [0.29, 0.717) is 43.2 Å². The number of rotatable bonds is 7. The first kappa shape index (κ1) is 28.2. The van der Waals surface area contributed by atoms with Gasteiger partial charge in [-0.05, 0) is 106 Å². The molecule has 2 nitrogen and oxygen atoms in total. The molecular weight excluding hydrogens is 492 g/mol. The molecule has 38 heavy (non-hydrogen) atoms. The normalized spacial score (nSPS) is 24.3. The van der Waals surface area contributed by atoms with E-state index in [4.69, 9.17) is 4.74 Å². The summed E-state index contributed by atoms with van der Waals surface area (Å²) in [5, 5.41) is 9.81. The Bertz CT molecular complexity index is 1180. The predicted octanol–water partition coefficient (Wildman–Crippen LogP) is 8.18. The van der Waals surface area contributed by atoms with Crippen molar-refractivity contribution in [2.24, 2.45) is 11.8 Å². The van der Waals surface area contributed by atoms with E-state index in [2.05, 4.69) is 18.4 Å². The Labute approximate surface area is 223 Å². The first-order valence-corrected chi connectivity index (χ1v) is 13.7. The van der Waals surface area contributed by atoms with Crippen LogP contribution in [-0.2, 0) is 0 Å². The van der Waals surface area contributed by atoms with Crippen LogP contribution in [0.5, 0.6) is 5.75 Å². The van der Waals surface area contributed by atoms with Crippen LogP contribution in [0.3, 0.4) is 0 Å². The monoisotopic (exact) mass is 528 g/mol. The fraction of sp³-hybridized carbons (Fsp3) is 0.500. The third-order valence-electron chi connectivity index (χ3n) is 8.24. The Kier molecular flexibility index (Phi) is 9.54. The van der Waals surface area contributed by atoms with Gasteiger partial charge in [-0.25, -0.2) is 13.2 Å². The molecule has 2 fully saturated rings. The second-order valence-electron chi connectivity index (χ2n) is 10.7. The molecule has 0 radical (unpaired) electrons. The fourth-order valence-corrected chi connectivity index (χ4v) is 5.84. The Morgan fingerprint density at radius 2 is 1.45 bits per heavy atom. The van der Waals surface area contributed by atoms with Crippen LogP contribution in [-0.4, -0.2) is 17.8 Å². The van der Waals surface area contributed by atoms with Gasteiger partial charge in [-0.1, -0.05) is 30.0 Å². The summed E-state index contributed by atoms with van der Waals surface area (Å²) < 4.78 is 64.2. The third kappa shape index (κ3) is 6.43. The zero-order valence-electron chi connectivity index (χ0n) is 21.9. The second kappa shape index (κ2) is 12.8. The lowest BCUT2D eigenvalue weighted by molar-refractivity contribution is 0.0963. The van der Waals surface area contributed by atoms with Gasteiger partial charge in [0.25, 0.3) is 0 Å². The van der Waals surface area contributed by atoms with Gasteiger partial charge in [-0.3, -0.25) is 0 Å². The summed E-state index contributed by atoms with van der Waals surface area (Å²) in [5.41, 5.74) is 0.837. The average Bonchev–Trinajstić information content (AvgIpc) is 2.92. The molecule has 0 heterocycles. The van der Waals surface area contributed by atoms with E-state index in [1.54, 1.807) is 25.1 Å². The van der Waals surface area contributed by atoms with Gasteiger partial charge in [0.2, 0.25) is 5.82 Å². The lowest BCUT2D eigenvalue weighted by Gasteiger charge is -2.31. The Morgan fingerprint density at radius 1 is 0.868 bits per heavy atom. The van der Waals surface area contributed by atoms with Gasteiger partial charge in [0.05, 0.1) is 18.3 Å². The number of hydrogen-bond donors (Lipinski definition) is 1. The molecule has 2 aliphatic carbocycles. The molecule has 0 spiro atoms. The van der Waals surface area contributed by atoms with E-state index in [1.165, 1.54) is 12.1 Å². The number of aliphatic hydroxyl groups is 1.